The van der Waals surface area contributed by atoms with Crippen molar-refractivity contribution in [1.29, 1.82) is 0 Å². The van der Waals surface area contributed by atoms with Gasteiger partial charge < -0.3 is 10.7 Å². The van der Waals surface area contributed by atoms with E-state index >= 15 is 0 Å². The Balaban J connectivity index is 2.56. The zero-order valence-corrected chi connectivity index (χ0v) is 9.90. The number of rotatable bonds is 3. The van der Waals surface area contributed by atoms with Gasteiger partial charge in [-0.05, 0) is 29.7 Å². The fraction of sp³-hybridized carbons (Fsp3) is 0.231. The number of H-pyrrole nitrogens is 1. The van der Waals surface area contributed by atoms with E-state index in [-0.39, 0.29) is 0 Å². The molecule has 4 heteroatoms. The van der Waals surface area contributed by atoms with Crippen LogP contribution >= 0.6 is 0 Å². The average molecular weight is 229 g/mol. The van der Waals surface area contributed by atoms with E-state index in [0.717, 1.165) is 17.0 Å². The van der Waals surface area contributed by atoms with Crippen LogP contribution in [0.5, 0.6) is 0 Å². The molecule has 0 saturated carbocycles. The van der Waals surface area contributed by atoms with Crippen molar-refractivity contribution in [3.63, 3.8) is 0 Å². The van der Waals surface area contributed by atoms with Gasteiger partial charge in [0.1, 0.15) is 5.82 Å². The van der Waals surface area contributed by atoms with Crippen LogP contribution in [0, 0.1) is 0 Å². The van der Waals surface area contributed by atoms with E-state index in [1.165, 1.54) is 0 Å². The number of carbonyl (C=O) groups is 1. The number of nitrogens with one attached hydrogen (secondary N) is 1. The van der Waals surface area contributed by atoms with E-state index in [9.17, 15) is 4.79 Å². The van der Waals surface area contributed by atoms with Gasteiger partial charge in [0.25, 0.3) is 0 Å². The minimum Gasteiger partial charge on any atom is -0.366 e. The Kier molecular flexibility index (Phi) is 2.95. The van der Waals surface area contributed by atoms with Gasteiger partial charge in [0, 0.05) is 23.5 Å². The molecular weight excluding hydrogens is 214 g/mol. The normalized spacial score (nSPS) is 10.8. The molecule has 1 aromatic carbocycles. The highest BCUT2D eigenvalue weighted by Crippen LogP contribution is 2.23. The number of hydrogen-bond acceptors (Lipinski definition) is 2. The molecule has 2 aromatic rings. The number of nitrogens with two attached hydrogens (primary N) is 1. The molecule has 1 heterocycles. The molecule has 0 fully saturated rings. The summed E-state index contributed by atoms with van der Waals surface area (Å²) in [5.41, 5.74) is 7.81. The first kappa shape index (κ1) is 11.4. The number of carbonyl (C=O) groups excluding carboxylic acids is 1. The largest absolute Gasteiger partial charge is 0.366 e. The van der Waals surface area contributed by atoms with Gasteiger partial charge in [-0.2, -0.15) is 0 Å². The van der Waals surface area contributed by atoms with E-state index in [4.69, 9.17) is 5.73 Å². The fourth-order valence-electron chi connectivity index (χ4n) is 1.69. The predicted octanol–water partition coefficient (Wildman–Crippen LogP) is 2.30. The molecule has 2 rings (SSSR count). The van der Waals surface area contributed by atoms with E-state index < -0.39 is 5.91 Å². The molecule has 0 unspecified atom stereocenters. The van der Waals surface area contributed by atoms with E-state index in [0.29, 0.717) is 11.5 Å². The van der Waals surface area contributed by atoms with Crippen LogP contribution in [0.25, 0.3) is 11.4 Å². The lowest BCUT2D eigenvalue weighted by Crippen LogP contribution is -2.11. The molecular formula is C13H15N3O. The Hall–Kier alpha value is -2.10. The molecule has 4 nitrogen and oxygen atoms in total. The van der Waals surface area contributed by atoms with Gasteiger partial charge in [-0.3, -0.25) is 4.79 Å². The van der Waals surface area contributed by atoms with Crippen LogP contribution in [0.15, 0.2) is 30.6 Å². The summed E-state index contributed by atoms with van der Waals surface area (Å²) in [6, 6.07) is 5.61. The van der Waals surface area contributed by atoms with Crippen molar-refractivity contribution < 1.29 is 4.79 Å². The van der Waals surface area contributed by atoms with E-state index in [1.54, 1.807) is 18.5 Å². The maximum atomic E-state index is 11.3. The number of nitrogens with zero attached hydrogens (tertiary/aromatic N) is 1. The van der Waals surface area contributed by atoms with Gasteiger partial charge in [-0.15, -0.1) is 0 Å². The van der Waals surface area contributed by atoms with Crippen molar-refractivity contribution in [3.8, 4) is 11.4 Å². The zero-order chi connectivity index (χ0) is 12.4. The van der Waals surface area contributed by atoms with Crippen molar-refractivity contribution in [2.75, 3.05) is 0 Å². The van der Waals surface area contributed by atoms with E-state index in [1.807, 2.05) is 12.1 Å². The number of aromatic nitrogens is 2. The quantitative estimate of drug-likeness (QED) is 0.847. The molecule has 3 N–H and O–H groups in total. The lowest BCUT2D eigenvalue weighted by atomic mass is 9.97. The highest BCUT2D eigenvalue weighted by Gasteiger charge is 2.10. The minimum atomic E-state index is -0.416. The molecule has 0 aliphatic heterocycles. The molecule has 88 valence electrons. The highest BCUT2D eigenvalue weighted by molar-refractivity contribution is 5.94. The zero-order valence-electron chi connectivity index (χ0n) is 9.90. The van der Waals surface area contributed by atoms with Crippen molar-refractivity contribution in [1.82, 2.24) is 9.97 Å². The van der Waals surface area contributed by atoms with Crippen molar-refractivity contribution in [2.45, 2.75) is 19.8 Å². The van der Waals surface area contributed by atoms with Crippen molar-refractivity contribution in [3.05, 3.63) is 41.7 Å². The van der Waals surface area contributed by atoms with Gasteiger partial charge in [-0.25, -0.2) is 4.98 Å². The number of primary amides is 1. The molecule has 0 saturated heterocycles. The summed E-state index contributed by atoms with van der Waals surface area (Å²) in [7, 11) is 0. The summed E-state index contributed by atoms with van der Waals surface area (Å²) in [5, 5.41) is 0. The van der Waals surface area contributed by atoms with Crippen molar-refractivity contribution in [2.24, 2.45) is 5.73 Å². The Morgan fingerprint density at radius 1 is 1.35 bits per heavy atom. The molecule has 0 atom stereocenters. The van der Waals surface area contributed by atoms with E-state index in [2.05, 4.69) is 23.8 Å². The number of benzene rings is 1. The third-order valence-electron chi connectivity index (χ3n) is 2.68. The molecule has 0 aliphatic rings. The first-order valence-electron chi connectivity index (χ1n) is 5.52. The third-order valence-corrected chi connectivity index (χ3v) is 2.68. The second kappa shape index (κ2) is 4.41. The summed E-state index contributed by atoms with van der Waals surface area (Å²) in [6.45, 7) is 4.15. The van der Waals surface area contributed by atoms with Crippen LogP contribution in [-0.2, 0) is 0 Å². The van der Waals surface area contributed by atoms with Crippen LogP contribution < -0.4 is 5.73 Å². The Morgan fingerprint density at radius 3 is 2.65 bits per heavy atom. The van der Waals surface area contributed by atoms with Gasteiger partial charge in [0.15, 0.2) is 0 Å². The predicted molar refractivity (Wildman–Crippen MR) is 66.6 cm³/mol. The summed E-state index contributed by atoms with van der Waals surface area (Å²) in [4.78, 5) is 18.5. The van der Waals surface area contributed by atoms with Gasteiger partial charge in [-0.1, -0.05) is 13.8 Å². The van der Waals surface area contributed by atoms with Crippen LogP contribution in [0.2, 0.25) is 0 Å². The summed E-state index contributed by atoms with van der Waals surface area (Å²) < 4.78 is 0. The lowest BCUT2D eigenvalue weighted by Gasteiger charge is -2.09. The maximum absolute atomic E-state index is 11.3. The van der Waals surface area contributed by atoms with Crippen molar-refractivity contribution >= 4 is 5.91 Å². The first-order chi connectivity index (χ1) is 8.08. The molecule has 1 amide bonds. The van der Waals surface area contributed by atoms with Crippen LogP contribution in [0.4, 0.5) is 0 Å². The average Bonchev–Trinajstić information content (AvgIpc) is 2.81. The number of amides is 1. The summed E-state index contributed by atoms with van der Waals surface area (Å²) in [6.07, 6.45) is 3.43. The van der Waals surface area contributed by atoms with Crippen LogP contribution in [0.1, 0.15) is 35.7 Å². The third kappa shape index (κ3) is 2.36. The number of aromatic amines is 1. The monoisotopic (exact) mass is 229 g/mol. The smallest absolute Gasteiger partial charge is 0.248 e. The standard InChI is InChI=1S/C13H15N3O/c1-8(2)9-5-10(12(14)17)7-11(6-9)13-15-3-4-16-13/h3-8H,1-2H3,(H2,14,17)(H,15,16). The van der Waals surface area contributed by atoms with Crippen LogP contribution in [-0.4, -0.2) is 15.9 Å². The van der Waals surface area contributed by atoms with Crippen LogP contribution in [0.3, 0.4) is 0 Å². The minimum absolute atomic E-state index is 0.336. The molecule has 17 heavy (non-hydrogen) atoms. The Labute approximate surface area is 99.9 Å². The topological polar surface area (TPSA) is 71.8 Å². The van der Waals surface area contributed by atoms with Gasteiger partial charge in [0.2, 0.25) is 5.91 Å². The Morgan fingerprint density at radius 2 is 2.12 bits per heavy atom. The molecule has 0 bridgehead atoms. The molecule has 0 aliphatic carbocycles. The van der Waals surface area contributed by atoms with Gasteiger partial charge in [0.05, 0.1) is 0 Å². The second-order valence-corrected chi connectivity index (χ2v) is 4.30. The fourth-order valence-corrected chi connectivity index (χ4v) is 1.69. The number of imidazole rings is 1. The second-order valence-electron chi connectivity index (χ2n) is 4.30. The highest BCUT2D eigenvalue weighted by atomic mass is 16.1. The first-order valence-corrected chi connectivity index (χ1v) is 5.52. The summed E-state index contributed by atoms with van der Waals surface area (Å²) in [5.74, 6) is 0.665. The Bertz CT molecular complexity index is 530. The van der Waals surface area contributed by atoms with Gasteiger partial charge >= 0.3 is 0 Å². The molecule has 1 aromatic heterocycles. The molecule has 0 radical (unpaired) electrons. The summed E-state index contributed by atoms with van der Waals surface area (Å²) >= 11 is 0. The molecule has 0 spiro atoms. The SMILES string of the molecule is CC(C)c1cc(C(N)=O)cc(-c2ncc[nH]2)c1. The maximum Gasteiger partial charge on any atom is 0.248 e. The lowest BCUT2D eigenvalue weighted by molar-refractivity contribution is 0.1000. The number of hydrogen-bond donors (Lipinski definition) is 2.